The molecule has 0 spiro atoms. The van der Waals surface area contributed by atoms with Gasteiger partial charge in [0.15, 0.2) is 5.58 Å². The number of nitrogens with zero attached hydrogens (tertiary/aromatic N) is 1. The van der Waals surface area contributed by atoms with E-state index in [1.165, 1.54) is 11.8 Å². The van der Waals surface area contributed by atoms with E-state index in [1.54, 1.807) is 0 Å². The van der Waals surface area contributed by atoms with Crippen LogP contribution >= 0.6 is 23.4 Å². The molecule has 1 amide bonds. The number of thioether (sulfide) groups is 1. The third-order valence-corrected chi connectivity index (χ3v) is 4.39. The average Bonchev–Trinajstić information content (AvgIpc) is 2.96. The number of benzene rings is 2. The molecule has 0 saturated heterocycles. The monoisotopic (exact) mass is 346 g/mol. The van der Waals surface area contributed by atoms with Crippen LogP contribution in [0.2, 0.25) is 5.02 Å². The molecule has 1 N–H and O–H groups in total. The molecule has 0 radical (unpaired) electrons. The molecule has 3 aromatic rings. The van der Waals surface area contributed by atoms with E-state index in [9.17, 15) is 4.79 Å². The van der Waals surface area contributed by atoms with Crippen LogP contribution in [0.5, 0.6) is 0 Å². The van der Waals surface area contributed by atoms with Gasteiger partial charge in [-0.15, -0.1) is 0 Å². The van der Waals surface area contributed by atoms with Gasteiger partial charge >= 0.3 is 0 Å². The molecule has 1 aromatic heterocycles. The smallest absolute Gasteiger partial charge is 0.257 e. The van der Waals surface area contributed by atoms with Crippen molar-refractivity contribution in [2.75, 3.05) is 5.75 Å². The van der Waals surface area contributed by atoms with Gasteiger partial charge in [-0.1, -0.05) is 47.6 Å². The molecule has 0 unspecified atom stereocenters. The zero-order valence-electron chi connectivity index (χ0n) is 12.5. The SMILES string of the molecule is C[C@H](NC(=O)CSc1nc2ccccc2o1)c1cccc(Cl)c1. The fourth-order valence-electron chi connectivity index (χ4n) is 2.18. The number of rotatable bonds is 5. The number of halogens is 1. The molecule has 0 fully saturated rings. The van der Waals surface area contributed by atoms with Gasteiger partial charge in [-0.25, -0.2) is 4.98 Å². The molecule has 0 aliphatic heterocycles. The molecule has 3 rings (SSSR count). The Bertz CT molecular complexity index is 801. The molecule has 6 heteroatoms. The highest BCUT2D eigenvalue weighted by Crippen LogP contribution is 2.23. The highest BCUT2D eigenvalue weighted by molar-refractivity contribution is 7.99. The van der Waals surface area contributed by atoms with Crippen LogP contribution in [0.4, 0.5) is 0 Å². The van der Waals surface area contributed by atoms with E-state index in [-0.39, 0.29) is 17.7 Å². The molecular formula is C17H15ClN2O2S. The lowest BCUT2D eigenvalue weighted by Crippen LogP contribution is -2.28. The Morgan fingerprint density at radius 2 is 2.13 bits per heavy atom. The van der Waals surface area contributed by atoms with E-state index in [1.807, 2.05) is 55.5 Å². The predicted octanol–water partition coefficient (Wildman–Crippen LogP) is 4.45. The lowest BCUT2D eigenvalue weighted by molar-refractivity contribution is -0.119. The van der Waals surface area contributed by atoms with E-state index in [0.29, 0.717) is 10.2 Å². The Morgan fingerprint density at radius 3 is 2.91 bits per heavy atom. The summed E-state index contributed by atoms with van der Waals surface area (Å²) in [5, 5.41) is 4.09. The summed E-state index contributed by atoms with van der Waals surface area (Å²) in [5.74, 6) is 0.169. The predicted molar refractivity (Wildman–Crippen MR) is 92.7 cm³/mol. The topological polar surface area (TPSA) is 55.1 Å². The van der Waals surface area contributed by atoms with E-state index in [4.69, 9.17) is 16.0 Å². The van der Waals surface area contributed by atoms with Gasteiger partial charge in [-0.2, -0.15) is 0 Å². The Kier molecular flexibility index (Phi) is 4.88. The first-order chi connectivity index (χ1) is 11.1. The summed E-state index contributed by atoms with van der Waals surface area (Å²) in [6.45, 7) is 1.92. The number of oxazole rings is 1. The minimum atomic E-state index is -0.106. The van der Waals surface area contributed by atoms with Crippen molar-refractivity contribution < 1.29 is 9.21 Å². The number of para-hydroxylation sites is 2. The number of amides is 1. The Morgan fingerprint density at radius 1 is 1.30 bits per heavy atom. The van der Waals surface area contributed by atoms with Crippen molar-refractivity contribution in [2.24, 2.45) is 0 Å². The van der Waals surface area contributed by atoms with Gasteiger partial charge in [0, 0.05) is 5.02 Å². The summed E-state index contributed by atoms with van der Waals surface area (Å²) in [6, 6.07) is 14.9. The lowest BCUT2D eigenvalue weighted by atomic mass is 10.1. The van der Waals surface area contributed by atoms with Crippen LogP contribution in [-0.2, 0) is 4.79 Å². The van der Waals surface area contributed by atoms with E-state index < -0.39 is 0 Å². The third kappa shape index (κ3) is 4.06. The van der Waals surface area contributed by atoms with Crippen LogP contribution in [0.3, 0.4) is 0 Å². The van der Waals surface area contributed by atoms with Crippen molar-refractivity contribution in [3.63, 3.8) is 0 Å². The van der Waals surface area contributed by atoms with Gasteiger partial charge in [0.1, 0.15) is 5.52 Å². The number of carbonyl (C=O) groups is 1. The number of aromatic nitrogens is 1. The van der Waals surface area contributed by atoms with Crippen LogP contribution in [0, 0.1) is 0 Å². The maximum Gasteiger partial charge on any atom is 0.257 e. The van der Waals surface area contributed by atoms with Crippen LogP contribution < -0.4 is 5.32 Å². The van der Waals surface area contributed by atoms with Crippen molar-refractivity contribution in [3.8, 4) is 0 Å². The third-order valence-electron chi connectivity index (χ3n) is 3.33. The van der Waals surface area contributed by atoms with Crippen LogP contribution in [0.25, 0.3) is 11.1 Å². The maximum atomic E-state index is 12.1. The first kappa shape index (κ1) is 15.9. The second-order valence-corrected chi connectivity index (χ2v) is 6.44. The molecule has 23 heavy (non-hydrogen) atoms. The van der Waals surface area contributed by atoms with Gasteiger partial charge < -0.3 is 9.73 Å². The zero-order chi connectivity index (χ0) is 16.2. The molecule has 1 atom stereocenters. The number of carbonyl (C=O) groups excluding carboxylic acids is 1. The number of fused-ring (bicyclic) bond motifs is 1. The molecule has 118 valence electrons. The van der Waals surface area contributed by atoms with Gasteiger partial charge in [0.25, 0.3) is 5.22 Å². The number of nitrogens with one attached hydrogen (secondary N) is 1. The summed E-state index contributed by atoms with van der Waals surface area (Å²) in [6.07, 6.45) is 0. The van der Waals surface area contributed by atoms with Crippen LogP contribution in [0.15, 0.2) is 58.2 Å². The second kappa shape index (κ2) is 7.06. The van der Waals surface area contributed by atoms with Crippen molar-refractivity contribution in [2.45, 2.75) is 18.2 Å². The minimum absolute atomic E-state index is 0.0790. The molecule has 0 aliphatic carbocycles. The standard InChI is InChI=1S/C17H15ClN2O2S/c1-11(12-5-4-6-13(18)9-12)19-16(21)10-23-17-20-14-7-2-3-8-15(14)22-17/h2-9,11H,10H2,1H3,(H,19,21)/t11-/m0/s1. The average molecular weight is 347 g/mol. The molecule has 0 saturated carbocycles. The first-order valence-electron chi connectivity index (χ1n) is 7.15. The highest BCUT2D eigenvalue weighted by atomic mass is 35.5. The van der Waals surface area contributed by atoms with Crippen molar-refractivity contribution >= 4 is 40.4 Å². The normalized spacial score (nSPS) is 12.3. The summed E-state index contributed by atoms with van der Waals surface area (Å²) in [5.41, 5.74) is 2.49. The largest absolute Gasteiger partial charge is 0.431 e. The van der Waals surface area contributed by atoms with Crippen molar-refractivity contribution in [1.82, 2.24) is 10.3 Å². The molecule has 1 heterocycles. The summed E-state index contributed by atoms with van der Waals surface area (Å²) in [7, 11) is 0. The maximum absolute atomic E-state index is 12.1. The Labute approximate surface area is 143 Å². The fraction of sp³-hybridized carbons (Fsp3) is 0.176. The zero-order valence-corrected chi connectivity index (χ0v) is 14.0. The molecule has 2 aromatic carbocycles. The Hall–Kier alpha value is -1.98. The van der Waals surface area contributed by atoms with Gasteiger partial charge in [0.2, 0.25) is 5.91 Å². The number of hydrogen-bond donors (Lipinski definition) is 1. The van der Waals surface area contributed by atoms with Gasteiger partial charge in [0.05, 0.1) is 11.8 Å². The van der Waals surface area contributed by atoms with E-state index >= 15 is 0 Å². The van der Waals surface area contributed by atoms with E-state index in [0.717, 1.165) is 16.7 Å². The first-order valence-corrected chi connectivity index (χ1v) is 8.51. The van der Waals surface area contributed by atoms with Crippen molar-refractivity contribution in [3.05, 3.63) is 59.1 Å². The van der Waals surface area contributed by atoms with Crippen molar-refractivity contribution in [1.29, 1.82) is 0 Å². The van der Waals surface area contributed by atoms with E-state index in [2.05, 4.69) is 10.3 Å². The summed E-state index contributed by atoms with van der Waals surface area (Å²) < 4.78 is 5.58. The Balaban J connectivity index is 1.57. The van der Waals surface area contributed by atoms with Crippen LogP contribution in [-0.4, -0.2) is 16.6 Å². The minimum Gasteiger partial charge on any atom is -0.431 e. The van der Waals surface area contributed by atoms with Gasteiger partial charge in [-0.3, -0.25) is 4.79 Å². The molecule has 4 nitrogen and oxygen atoms in total. The molecule has 0 bridgehead atoms. The second-order valence-electron chi connectivity index (χ2n) is 5.08. The number of hydrogen-bond acceptors (Lipinski definition) is 4. The van der Waals surface area contributed by atoms with Crippen LogP contribution in [0.1, 0.15) is 18.5 Å². The highest BCUT2D eigenvalue weighted by Gasteiger charge is 2.12. The quantitative estimate of drug-likeness (QED) is 0.693. The lowest BCUT2D eigenvalue weighted by Gasteiger charge is -2.14. The summed E-state index contributed by atoms with van der Waals surface area (Å²) >= 11 is 7.25. The molecule has 0 aliphatic rings. The summed E-state index contributed by atoms with van der Waals surface area (Å²) in [4.78, 5) is 16.4. The van der Waals surface area contributed by atoms with Gasteiger partial charge in [-0.05, 0) is 36.8 Å². The molecular weight excluding hydrogens is 332 g/mol. The fourth-order valence-corrected chi connectivity index (χ4v) is 3.03.